The van der Waals surface area contributed by atoms with Crippen LogP contribution in [-0.2, 0) is 9.73 Å². The summed E-state index contributed by atoms with van der Waals surface area (Å²) in [5.41, 5.74) is 0.444. The molecule has 0 bridgehead atoms. The molecule has 1 heterocycles. The minimum absolute atomic E-state index is 0.399. The van der Waals surface area contributed by atoms with Crippen molar-refractivity contribution in [2.45, 2.75) is 12.8 Å². The van der Waals surface area contributed by atoms with Gasteiger partial charge in [-0.2, -0.15) is 4.36 Å². The van der Waals surface area contributed by atoms with Crippen molar-refractivity contribution in [1.29, 1.82) is 0 Å². The molecular weight excluding hydrogens is 246 g/mol. The Hall–Kier alpha value is -0.870. The Morgan fingerprint density at radius 2 is 1.75 bits per heavy atom. The number of halogens is 1. The molecule has 2 rings (SSSR count). The van der Waals surface area contributed by atoms with E-state index in [0.29, 0.717) is 22.1 Å². The standard InChI is InChI=1S/C11H12ClNO2S/c12-10-5-3-9(4-6-10)11(14)13-16(15)7-1-2-8-16/h3-6H,1-2,7-8H2. The zero-order valence-corrected chi connectivity index (χ0v) is 10.3. The Labute approximate surface area is 100.0 Å². The summed E-state index contributed by atoms with van der Waals surface area (Å²) in [4.78, 5) is 11.7. The zero-order chi connectivity index (χ0) is 11.6. The summed E-state index contributed by atoms with van der Waals surface area (Å²) >= 11 is 5.72. The van der Waals surface area contributed by atoms with E-state index in [1.165, 1.54) is 0 Å². The van der Waals surface area contributed by atoms with Gasteiger partial charge >= 0.3 is 0 Å². The molecular formula is C11H12ClNO2S. The molecule has 1 fully saturated rings. The lowest BCUT2D eigenvalue weighted by molar-refractivity contribution is 0.100. The van der Waals surface area contributed by atoms with Gasteiger partial charge in [-0.05, 0) is 37.1 Å². The van der Waals surface area contributed by atoms with Gasteiger partial charge in [0.05, 0.1) is 9.73 Å². The van der Waals surface area contributed by atoms with Crippen molar-refractivity contribution in [3.63, 3.8) is 0 Å². The van der Waals surface area contributed by atoms with Gasteiger partial charge in [-0.1, -0.05) is 11.6 Å². The third-order valence-corrected chi connectivity index (χ3v) is 5.12. The quantitative estimate of drug-likeness (QED) is 0.777. The predicted molar refractivity (Wildman–Crippen MR) is 65.3 cm³/mol. The molecule has 1 aliphatic rings. The highest BCUT2D eigenvalue weighted by atomic mass is 35.5. The van der Waals surface area contributed by atoms with E-state index in [9.17, 15) is 9.00 Å². The average Bonchev–Trinajstić information content (AvgIpc) is 2.65. The fraction of sp³-hybridized carbons (Fsp3) is 0.364. The van der Waals surface area contributed by atoms with E-state index < -0.39 is 15.6 Å². The highest BCUT2D eigenvalue weighted by Gasteiger charge is 2.18. The van der Waals surface area contributed by atoms with Crippen molar-refractivity contribution in [2.75, 3.05) is 11.5 Å². The number of benzene rings is 1. The van der Waals surface area contributed by atoms with Crippen LogP contribution in [0.5, 0.6) is 0 Å². The number of rotatable bonds is 1. The molecule has 0 aromatic heterocycles. The van der Waals surface area contributed by atoms with E-state index in [1.54, 1.807) is 24.3 Å². The highest BCUT2D eigenvalue weighted by molar-refractivity contribution is 7.94. The lowest BCUT2D eigenvalue weighted by atomic mass is 10.2. The van der Waals surface area contributed by atoms with Gasteiger partial charge in [0.2, 0.25) is 0 Å². The van der Waals surface area contributed by atoms with Gasteiger partial charge in [0.25, 0.3) is 5.91 Å². The van der Waals surface area contributed by atoms with Crippen molar-refractivity contribution >= 4 is 27.2 Å². The number of carbonyl (C=O) groups excluding carboxylic acids is 1. The predicted octanol–water partition coefficient (Wildman–Crippen LogP) is 2.74. The lowest BCUT2D eigenvalue weighted by Crippen LogP contribution is -2.06. The second kappa shape index (κ2) is 4.55. The van der Waals surface area contributed by atoms with Crippen LogP contribution in [-0.4, -0.2) is 21.6 Å². The van der Waals surface area contributed by atoms with Crippen molar-refractivity contribution in [3.05, 3.63) is 34.9 Å². The van der Waals surface area contributed by atoms with E-state index >= 15 is 0 Å². The molecule has 86 valence electrons. The van der Waals surface area contributed by atoms with Crippen LogP contribution in [0.3, 0.4) is 0 Å². The SMILES string of the molecule is O=C(N=S1(=O)CCCC1)c1ccc(Cl)cc1. The monoisotopic (exact) mass is 257 g/mol. The lowest BCUT2D eigenvalue weighted by Gasteiger charge is -1.99. The largest absolute Gasteiger partial charge is 0.285 e. The third kappa shape index (κ3) is 2.62. The van der Waals surface area contributed by atoms with E-state index in [2.05, 4.69) is 4.36 Å². The molecule has 1 aromatic rings. The van der Waals surface area contributed by atoms with E-state index in [4.69, 9.17) is 11.6 Å². The maximum atomic E-state index is 12.0. The molecule has 3 nitrogen and oxygen atoms in total. The van der Waals surface area contributed by atoms with Crippen LogP contribution in [0.1, 0.15) is 23.2 Å². The van der Waals surface area contributed by atoms with Crippen LogP contribution in [0.15, 0.2) is 28.6 Å². The highest BCUT2D eigenvalue weighted by Crippen LogP contribution is 2.16. The molecule has 1 aromatic carbocycles. The van der Waals surface area contributed by atoms with E-state index in [-0.39, 0.29) is 0 Å². The Kier molecular flexibility index (Phi) is 3.30. The van der Waals surface area contributed by atoms with Gasteiger partial charge in [-0.3, -0.25) is 4.79 Å². The van der Waals surface area contributed by atoms with Crippen LogP contribution < -0.4 is 0 Å². The number of carbonyl (C=O) groups is 1. The maximum absolute atomic E-state index is 12.0. The molecule has 1 amide bonds. The smallest absolute Gasteiger partial charge is 0.266 e. The normalized spacial score (nSPS) is 18.3. The van der Waals surface area contributed by atoms with Crippen molar-refractivity contribution < 1.29 is 9.00 Å². The Morgan fingerprint density at radius 3 is 2.31 bits per heavy atom. The number of nitrogens with zero attached hydrogens (tertiary/aromatic N) is 1. The van der Waals surface area contributed by atoms with Crippen molar-refractivity contribution in [1.82, 2.24) is 0 Å². The van der Waals surface area contributed by atoms with Gasteiger partial charge in [0.15, 0.2) is 0 Å². The first-order valence-electron chi connectivity index (χ1n) is 5.11. The minimum Gasteiger partial charge on any atom is -0.266 e. The first-order valence-corrected chi connectivity index (χ1v) is 7.35. The number of amides is 1. The summed E-state index contributed by atoms with van der Waals surface area (Å²) in [5.74, 6) is 0.696. The molecule has 0 radical (unpaired) electrons. The van der Waals surface area contributed by atoms with Gasteiger partial charge in [-0.15, -0.1) is 0 Å². The Balaban J connectivity index is 2.26. The molecule has 16 heavy (non-hydrogen) atoms. The van der Waals surface area contributed by atoms with E-state index in [0.717, 1.165) is 12.8 Å². The summed E-state index contributed by atoms with van der Waals surface area (Å²) in [7, 11) is -2.27. The van der Waals surface area contributed by atoms with Gasteiger partial charge in [-0.25, -0.2) is 4.21 Å². The molecule has 1 aliphatic heterocycles. The Bertz CT molecular complexity index is 503. The van der Waals surface area contributed by atoms with Crippen molar-refractivity contribution in [3.8, 4) is 0 Å². The number of hydrogen-bond donors (Lipinski definition) is 0. The first-order chi connectivity index (χ1) is 7.59. The average molecular weight is 258 g/mol. The van der Waals surface area contributed by atoms with Gasteiger partial charge in [0.1, 0.15) is 0 Å². The number of hydrogen-bond acceptors (Lipinski definition) is 2. The molecule has 5 heteroatoms. The third-order valence-electron chi connectivity index (χ3n) is 2.52. The topological polar surface area (TPSA) is 46.5 Å². The molecule has 0 aliphatic carbocycles. The maximum Gasteiger partial charge on any atom is 0.285 e. The van der Waals surface area contributed by atoms with Crippen LogP contribution in [0.4, 0.5) is 0 Å². The van der Waals surface area contributed by atoms with E-state index in [1.807, 2.05) is 0 Å². The molecule has 0 atom stereocenters. The first kappa shape index (κ1) is 11.6. The molecule has 0 N–H and O–H groups in total. The Morgan fingerprint density at radius 1 is 1.19 bits per heavy atom. The van der Waals surface area contributed by atoms with Crippen LogP contribution >= 0.6 is 11.6 Å². The van der Waals surface area contributed by atoms with Gasteiger partial charge in [0, 0.05) is 22.1 Å². The van der Waals surface area contributed by atoms with Crippen molar-refractivity contribution in [2.24, 2.45) is 4.36 Å². The van der Waals surface area contributed by atoms with Crippen LogP contribution in [0.25, 0.3) is 0 Å². The molecule has 0 spiro atoms. The summed E-state index contributed by atoms with van der Waals surface area (Å²) in [6.45, 7) is 0. The molecule has 0 saturated carbocycles. The fourth-order valence-corrected chi connectivity index (χ4v) is 3.88. The summed E-state index contributed by atoms with van der Waals surface area (Å²) < 4.78 is 15.9. The van der Waals surface area contributed by atoms with Crippen LogP contribution in [0, 0.1) is 0 Å². The van der Waals surface area contributed by atoms with Crippen LogP contribution in [0.2, 0.25) is 5.02 Å². The summed E-state index contributed by atoms with van der Waals surface area (Å²) in [5, 5.41) is 0.571. The molecule has 1 saturated heterocycles. The minimum atomic E-state index is -2.27. The molecule has 0 unspecified atom stereocenters. The fourth-order valence-electron chi connectivity index (χ4n) is 1.64. The second-order valence-electron chi connectivity index (χ2n) is 3.79. The summed E-state index contributed by atoms with van der Waals surface area (Å²) in [6.07, 6.45) is 1.80. The van der Waals surface area contributed by atoms with Gasteiger partial charge < -0.3 is 0 Å². The second-order valence-corrected chi connectivity index (χ2v) is 6.77. The summed E-state index contributed by atoms with van der Waals surface area (Å²) in [6, 6.07) is 6.47. The zero-order valence-electron chi connectivity index (χ0n) is 8.69.